The Morgan fingerprint density at radius 2 is 1.77 bits per heavy atom. The summed E-state index contributed by atoms with van der Waals surface area (Å²) in [5.74, 6) is 1.49. The lowest BCUT2D eigenvalue weighted by molar-refractivity contribution is 0.0950. The lowest BCUT2D eigenvalue weighted by Gasteiger charge is -2.10. The summed E-state index contributed by atoms with van der Waals surface area (Å²) in [4.78, 5) is 12.5. The zero-order valence-corrected chi connectivity index (χ0v) is 17.6. The summed E-state index contributed by atoms with van der Waals surface area (Å²) in [7, 11) is 4.68. The van der Waals surface area contributed by atoms with Gasteiger partial charge in [0.1, 0.15) is 5.75 Å². The Balaban J connectivity index is 1.66. The van der Waals surface area contributed by atoms with Crippen LogP contribution in [0, 0.1) is 0 Å². The minimum absolute atomic E-state index is 0.0363. The van der Waals surface area contributed by atoms with Crippen molar-refractivity contribution < 1.29 is 19.0 Å². The van der Waals surface area contributed by atoms with Crippen molar-refractivity contribution in [2.75, 3.05) is 33.6 Å². The number of hydrogen-bond acceptors (Lipinski definition) is 7. The first-order valence-corrected chi connectivity index (χ1v) is 9.40. The maximum atomic E-state index is 12.5. The molecule has 10 heteroatoms. The fourth-order valence-corrected chi connectivity index (χ4v) is 3.12. The van der Waals surface area contributed by atoms with E-state index in [4.69, 9.17) is 31.5 Å². The number of halogens is 1. The van der Waals surface area contributed by atoms with Gasteiger partial charge in [-0.05, 0) is 42.3 Å². The number of hydrogen-bond donors (Lipinski definition) is 2. The first kappa shape index (κ1) is 21.3. The molecule has 0 radical (unpaired) electrons. The molecule has 1 heterocycles. The minimum atomic E-state index is -0.418. The third-order valence-electron chi connectivity index (χ3n) is 4.45. The molecule has 0 aliphatic carbocycles. The van der Waals surface area contributed by atoms with E-state index < -0.39 is 5.91 Å². The molecule has 0 aliphatic rings. The lowest BCUT2D eigenvalue weighted by atomic mass is 10.1. The van der Waals surface area contributed by atoms with Gasteiger partial charge in [0.05, 0.1) is 32.0 Å². The first-order chi connectivity index (χ1) is 14.5. The molecule has 0 fully saturated rings. The number of nitrogens with zero attached hydrogens (tertiary/aromatic N) is 3. The van der Waals surface area contributed by atoms with Crippen LogP contribution in [0.3, 0.4) is 0 Å². The number of methoxy groups -OCH3 is 3. The van der Waals surface area contributed by atoms with Gasteiger partial charge in [0, 0.05) is 6.54 Å². The van der Waals surface area contributed by atoms with Crippen LogP contribution >= 0.6 is 11.6 Å². The van der Waals surface area contributed by atoms with Crippen molar-refractivity contribution in [3.8, 4) is 22.9 Å². The predicted octanol–water partition coefficient (Wildman–Crippen LogP) is 2.50. The molecule has 1 amide bonds. The third kappa shape index (κ3) is 4.41. The quantitative estimate of drug-likeness (QED) is 0.563. The Morgan fingerprint density at radius 3 is 2.43 bits per heavy atom. The fraction of sp³-hybridized carbons (Fsp3) is 0.250. The minimum Gasteiger partial charge on any atom is -0.495 e. The topological polar surface area (TPSA) is 114 Å². The summed E-state index contributed by atoms with van der Waals surface area (Å²) in [5.41, 5.74) is 7.67. The van der Waals surface area contributed by atoms with Gasteiger partial charge >= 0.3 is 0 Å². The summed E-state index contributed by atoms with van der Waals surface area (Å²) in [6.07, 6.45) is 0.591. The van der Waals surface area contributed by atoms with Crippen molar-refractivity contribution in [3.05, 3.63) is 52.7 Å². The van der Waals surface area contributed by atoms with Crippen LogP contribution in [0.2, 0.25) is 5.02 Å². The zero-order valence-electron chi connectivity index (χ0n) is 16.8. The van der Waals surface area contributed by atoms with Crippen molar-refractivity contribution in [1.82, 2.24) is 20.3 Å². The molecule has 3 aromatic rings. The average Bonchev–Trinajstić information content (AvgIpc) is 3.14. The van der Waals surface area contributed by atoms with Crippen LogP contribution in [0.15, 0.2) is 36.4 Å². The van der Waals surface area contributed by atoms with Gasteiger partial charge in [-0.25, -0.2) is 0 Å². The Kier molecular flexibility index (Phi) is 6.63. The molecule has 0 atom stereocenters. The summed E-state index contributed by atoms with van der Waals surface area (Å²) in [6, 6.07) is 10.6. The molecule has 3 N–H and O–H groups in total. The Bertz CT molecular complexity index is 1050. The second-order valence-electron chi connectivity index (χ2n) is 6.25. The van der Waals surface area contributed by atoms with E-state index in [0.29, 0.717) is 40.9 Å². The fourth-order valence-electron chi connectivity index (χ4n) is 2.87. The van der Waals surface area contributed by atoms with Gasteiger partial charge in [0.2, 0.25) is 0 Å². The monoisotopic (exact) mass is 431 g/mol. The highest BCUT2D eigenvalue weighted by Crippen LogP contribution is 2.28. The van der Waals surface area contributed by atoms with Gasteiger partial charge in [-0.3, -0.25) is 4.79 Å². The van der Waals surface area contributed by atoms with Gasteiger partial charge in [0.15, 0.2) is 23.0 Å². The number of carbonyl (C=O) groups is 1. The highest BCUT2D eigenvalue weighted by Gasteiger charge is 2.18. The second-order valence-corrected chi connectivity index (χ2v) is 6.66. The van der Waals surface area contributed by atoms with Gasteiger partial charge in [-0.2, -0.15) is 4.68 Å². The molecule has 30 heavy (non-hydrogen) atoms. The maximum Gasteiger partial charge on any atom is 0.275 e. The van der Waals surface area contributed by atoms with Crippen molar-refractivity contribution in [3.63, 3.8) is 0 Å². The molecule has 0 saturated carbocycles. The molecule has 0 saturated heterocycles. The number of anilines is 1. The number of carbonyl (C=O) groups excluding carboxylic acids is 1. The van der Waals surface area contributed by atoms with Gasteiger partial charge < -0.3 is 25.3 Å². The lowest BCUT2D eigenvalue weighted by Crippen LogP contribution is -2.27. The largest absolute Gasteiger partial charge is 0.495 e. The number of ether oxygens (including phenoxy) is 3. The van der Waals surface area contributed by atoms with Crippen LogP contribution in [-0.2, 0) is 6.42 Å². The molecular weight excluding hydrogens is 410 g/mol. The van der Waals surface area contributed by atoms with Gasteiger partial charge in [-0.15, -0.1) is 5.10 Å². The van der Waals surface area contributed by atoms with E-state index in [1.807, 2.05) is 18.2 Å². The molecule has 0 unspecified atom stereocenters. The number of nitrogens with one attached hydrogen (secondary N) is 1. The van der Waals surface area contributed by atoms with E-state index in [1.54, 1.807) is 32.4 Å². The Hall–Kier alpha value is -3.46. The van der Waals surface area contributed by atoms with E-state index in [2.05, 4.69) is 15.6 Å². The van der Waals surface area contributed by atoms with Crippen LogP contribution in [0.4, 0.5) is 5.82 Å². The first-order valence-electron chi connectivity index (χ1n) is 9.02. The standard InChI is InChI=1S/C20H22ClN5O4/c1-28-15-7-5-13(11-14(15)21)26-19(22)18(24-25-26)20(27)23-9-8-12-4-6-16(29-2)17(10-12)30-3/h4-7,10-11H,8-9,22H2,1-3H3,(H,23,27). The Labute approximate surface area is 178 Å². The Morgan fingerprint density at radius 1 is 1.07 bits per heavy atom. The van der Waals surface area contributed by atoms with Crippen molar-refractivity contribution in [1.29, 1.82) is 0 Å². The molecule has 9 nitrogen and oxygen atoms in total. The highest BCUT2D eigenvalue weighted by atomic mass is 35.5. The summed E-state index contributed by atoms with van der Waals surface area (Å²) < 4.78 is 17.0. The van der Waals surface area contributed by atoms with E-state index >= 15 is 0 Å². The molecule has 158 valence electrons. The predicted molar refractivity (Wildman–Crippen MR) is 113 cm³/mol. The normalized spacial score (nSPS) is 10.5. The van der Waals surface area contributed by atoms with E-state index in [0.717, 1.165) is 5.56 Å². The van der Waals surface area contributed by atoms with E-state index in [9.17, 15) is 4.79 Å². The van der Waals surface area contributed by atoms with Crippen LogP contribution in [0.1, 0.15) is 16.1 Å². The van der Waals surface area contributed by atoms with Crippen LogP contribution in [-0.4, -0.2) is 48.8 Å². The third-order valence-corrected chi connectivity index (χ3v) is 4.74. The summed E-state index contributed by atoms with van der Waals surface area (Å²) in [5, 5.41) is 11.1. The number of nitrogen functional groups attached to an aromatic ring is 1. The molecule has 1 aromatic heterocycles. The van der Waals surface area contributed by atoms with Crippen LogP contribution in [0.5, 0.6) is 17.2 Å². The molecule has 0 bridgehead atoms. The number of rotatable bonds is 8. The summed E-state index contributed by atoms with van der Waals surface area (Å²) >= 11 is 6.15. The molecule has 0 spiro atoms. The smallest absolute Gasteiger partial charge is 0.275 e. The maximum absolute atomic E-state index is 12.5. The van der Waals surface area contributed by atoms with Gasteiger partial charge in [0.25, 0.3) is 5.91 Å². The van der Waals surface area contributed by atoms with Crippen molar-refractivity contribution >= 4 is 23.3 Å². The highest BCUT2D eigenvalue weighted by molar-refractivity contribution is 6.32. The van der Waals surface area contributed by atoms with Crippen molar-refractivity contribution in [2.45, 2.75) is 6.42 Å². The number of nitrogens with two attached hydrogens (primary N) is 1. The van der Waals surface area contributed by atoms with Crippen LogP contribution < -0.4 is 25.3 Å². The van der Waals surface area contributed by atoms with Crippen molar-refractivity contribution in [2.24, 2.45) is 0 Å². The molecule has 2 aromatic carbocycles. The molecule has 0 aliphatic heterocycles. The summed E-state index contributed by atoms with van der Waals surface area (Å²) in [6.45, 7) is 0.384. The molecule has 3 rings (SSSR count). The van der Waals surface area contributed by atoms with Gasteiger partial charge in [-0.1, -0.05) is 22.9 Å². The SMILES string of the molecule is COc1ccc(-n2nnc(C(=O)NCCc3ccc(OC)c(OC)c3)c2N)cc1Cl. The number of benzene rings is 2. The van der Waals surface area contributed by atoms with Crippen LogP contribution in [0.25, 0.3) is 5.69 Å². The second kappa shape index (κ2) is 9.36. The average molecular weight is 432 g/mol. The van der Waals surface area contributed by atoms with E-state index in [-0.39, 0.29) is 11.5 Å². The zero-order chi connectivity index (χ0) is 21.7. The van der Waals surface area contributed by atoms with E-state index in [1.165, 1.54) is 11.8 Å². The molecular formula is C20H22ClN5O4. The number of aromatic nitrogens is 3. The number of amides is 1.